The van der Waals surface area contributed by atoms with Gasteiger partial charge in [-0.25, -0.2) is 9.97 Å². The first-order valence-electron chi connectivity index (χ1n) is 45.9. The van der Waals surface area contributed by atoms with Crippen molar-refractivity contribution in [3.8, 4) is 56.2 Å². The van der Waals surface area contributed by atoms with E-state index in [0.29, 0.717) is 5.69 Å². The topological polar surface area (TPSA) is 186 Å². The molecule has 9 heterocycles. The standard InChI is InChI=1S/C36H44N4.C27H22P.C22H16N2.C11H6F2N.C11H8N.2C4HF7O2.Os.3Pt/c1-9-21-22(10-2)30-18-32-25(13-5)26(14-6)34(39-32)20-36-28(16-8)27(15-7)35(40-36)19-33-24(12-4)23(11-3)31(38-33)17-29(21)37-30;1-5-13-23(14-6-1)27(24-15-7-2-8-16-24)21-22-28(25-17-9-3-10-18-25)26-19-11-4-12-20-26;1-3-7-17(8-4-1)19-11-13-23-21(15-19)22-16-20(12-14-24-22)18-9-5-2-6-10-18;12-8-4-5-9(10(13)7-8)11-3-1-2-6-14-11;1-2-6-10(7-3-1)11-8-4-5-9-12-11;2*5-2(6,1(12)13)3(7,8)4(9,10)11;;;;/h17-20H,9-16H2,1-8H3;1-22H;1-16H;1-4,6-7H;1-6,8-9H;2*(H,12,13);;;;/q-2;-1;;2*-1;;;+1;;;+2/p-1. The van der Waals surface area contributed by atoms with Crippen molar-refractivity contribution in [1.82, 2.24) is 39.9 Å². The van der Waals surface area contributed by atoms with E-state index in [9.17, 15) is 90.0 Å². The molecule has 148 heavy (non-hydrogen) atoms. The van der Waals surface area contributed by atoms with E-state index >= 15 is 0 Å². The Bertz CT molecular complexity index is 6510. The summed E-state index contributed by atoms with van der Waals surface area (Å²) < 4.78 is 186. The van der Waals surface area contributed by atoms with E-state index in [2.05, 4.69) is 281 Å². The second-order valence-electron chi connectivity index (χ2n) is 32.1. The molecule has 0 fully saturated rings. The monoisotopic (exact) mass is 2770 g/mol. The summed E-state index contributed by atoms with van der Waals surface area (Å²) in [5.41, 5.74) is 30.7. The number of alkyl halides is 14. The van der Waals surface area contributed by atoms with Crippen LogP contribution in [-0.2, 0) is 118 Å². The molecule has 0 unspecified atom stereocenters. The number of carboxylic acids is 2. The van der Waals surface area contributed by atoms with Gasteiger partial charge in [0.25, 0.3) is 0 Å². The van der Waals surface area contributed by atoms with Crippen molar-refractivity contribution in [2.45, 2.75) is 143 Å². The van der Waals surface area contributed by atoms with Crippen LogP contribution in [0.15, 0.2) is 340 Å². The van der Waals surface area contributed by atoms with Crippen molar-refractivity contribution in [1.29, 1.82) is 0 Å². The molecule has 0 amide bonds. The Morgan fingerprint density at radius 3 is 0.966 bits per heavy atom. The van der Waals surface area contributed by atoms with Gasteiger partial charge in [0.05, 0.1) is 52.7 Å². The number of nitrogens with zero attached hydrogens (tertiary/aromatic N) is 8. The predicted octanol–water partition coefficient (Wildman–Crippen LogP) is 27.3. The number of hydrogen-bond donors (Lipinski definition) is 0. The number of carbonyl (C=O) groups excluding carboxylic acids is 2. The average Bonchev–Trinajstić information content (AvgIpc) is 1.60. The number of fused-ring (bicyclic) bond motifs is 8. The summed E-state index contributed by atoms with van der Waals surface area (Å²) >= 11 is 0. The largest absolute Gasteiger partial charge is 2.00 e. The molecule has 8 bridgehead atoms. The van der Waals surface area contributed by atoms with Crippen LogP contribution in [0.25, 0.3) is 101 Å². The van der Waals surface area contributed by atoms with E-state index < -0.39 is 67.5 Å². The first-order valence-corrected chi connectivity index (χ1v) is 47.5. The molecule has 0 N–H and O–H groups in total. The van der Waals surface area contributed by atoms with Gasteiger partial charge in [-0.2, -0.15) is 61.5 Å². The van der Waals surface area contributed by atoms with Gasteiger partial charge in [0.1, 0.15) is 11.9 Å². The van der Waals surface area contributed by atoms with Crippen LogP contribution in [0, 0.1) is 29.7 Å². The van der Waals surface area contributed by atoms with E-state index in [1.54, 1.807) is 30.6 Å². The van der Waals surface area contributed by atoms with Gasteiger partial charge in [-0.05, 0) is 168 Å². The van der Waals surface area contributed by atoms with Crippen molar-refractivity contribution in [3.05, 3.63) is 426 Å². The van der Waals surface area contributed by atoms with Gasteiger partial charge in [-0.15, -0.1) is 105 Å². The molecule has 0 aliphatic carbocycles. The van der Waals surface area contributed by atoms with E-state index in [-0.39, 0.29) is 88.5 Å². The fourth-order valence-electron chi connectivity index (χ4n) is 15.9. The third kappa shape index (κ3) is 30.4. The number of carboxylic acid groups (broad SMARTS) is 2. The number of benzene rings is 8. The number of aryl methyl sites for hydroxylation is 4. The summed E-state index contributed by atoms with van der Waals surface area (Å²) in [6.07, 6.45) is 3.65. The Morgan fingerprint density at radius 2 is 0.676 bits per heavy atom. The molecule has 779 valence electrons. The van der Waals surface area contributed by atoms with Gasteiger partial charge in [-0.1, -0.05) is 283 Å². The number of aliphatic carboxylic acids is 2. The molecule has 33 heteroatoms. The fraction of sp³-hybridized carbons (Fsp3) is 0.191. The third-order valence-corrected chi connectivity index (χ3v) is 25.4. The molecule has 0 spiro atoms. The van der Waals surface area contributed by atoms with Crippen LogP contribution >= 0.6 is 7.92 Å². The van der Waals surface area contributed by atoms with Crippen molar-refractivity contribution >= 4 is 74.8 Å². The molecule has 8 aromatic carbocycles. The zero-order valence-corrected chi connectivity index (χ0v) is 90.9. The number of rotatable bonds is 23. The molecule has 15 aromatic rings. The maximum Gasteiger partial charge on any atom is 2.00 e. The minimum atomic E-state index is -6.64. The van der Waals surface area contributed by atoms with Crippen molar-refractivity contribution in [2.75, 3.05) is 0 Å². The Labute approximate surface area is 905 Å². The Kier molecular flexibility index (Phi) is 47.0. The van der Waals surface area contributed by atoms with Crippen LogP contribution in [0.3, 0.4) is 0 Å². The molecule has 0 atom stereocenters. The summed E-state index contributed by atoms with van der Waals surface area (Å²) in [5.74, 6) is -31.0. The van der Waals surface area contributed by atoms with Crippen molar-refractivity contribution < 1.29 is 173 Å². The maximum absolute atomic E-state index is 13.2. The summed E-state index contributed by atoms with van der Waals surface area (Å²) in [4.78, 5) is 56.7. The predicted molar refractivity (Wildman–Crippen MR) is 532 cm³/mol. The zero-order valence-electron chi connectivity index (χ0n) is 80.5. The normalized spacial score (nSPS) is 11.7. The first kappa shape index (κ1) is 122. The number of aromatic nitrogens is 8. The van der Waals surface area contributed by atoms with Crippen molar-refractivity contribution in [3.63, 3.8) is 0 Å². The molecular weight excluding hydrogens is 2670 g/mol. The quantitative estimate of drug-likeness (QED) is 0.0336. The Balaban J connectivity index is 0.000000244. The molecule has 2 aliphatic heterocycles. The summed E-state index contributed by atoms with van der Waals surface area (Å²) in [5, 5.41) is 21.3. The summed E-state index contributed by atoms with van der Waals surface area (Å²) in [7, 11) is -1.01. The molecule has 12 nitrogen and oxygen atoms in total. The van der Waals surface area contributed by atoms with Gasteiger partial charge in [0, 0.05) is 84.4 Å². The second kappa shape index (κ2) is 56.8. The molecule has 17 rings (SSSR count). The second-order valence-corrected chi connectivity index (χ2v) is 34.4. The van der Waals surface area contributed by atoms with Gasteiger partial charge in [-0.3, -0.25) is 18.7 Å². The van der Waals surface area contributed by atoms with E-state index in [0.717, 1.165) is 142 Å². The van der Waals surface area contributed by atoms with Gasteiger partial charge < -0.3 is 39.7 Å². The summed E-state index contributed by atoms with van der Waals surface area (Å²) in [6.45, 7) is 17.9. The zero-order chi connectivity index (χ0) is 104. The Morgan fingerprint density at radius 1 is 0.358 bits per heavy atom. The van der Waals surface area contributed by atoms with Crippen LogP contribution in [0.1, 0.15) is 137 Å². The number of allylic oxidation sites excluding steroid dienone is 5. The number of hydrogen-bond acceptors (Lipinski definition) is 10. The Hall–Kier alpha value is -12.5. The number of pyridine rings is 4. The van der Waals surface area contributed by atoms with Gasteiger partial charge in [0.15, 0.2) is 0 Å². The molecule has 1 radical (unpaired) electrons. The SMILES string of the molecule is C(=C[PH+](c1ccccc1)c1ccccc1)[C-](c1ccccc1)c1ccccc1.CCC1=C(CC)c2cc3[n-]c(cc4nc(cc5[n-]c(cc1n2)c(CC)c5CC)C(CC)=C4CC)c(CC)c3CC.Fc1c[c-]c(-c2ccccn2)c(F)c1.O=C([O-])C(F)(F)C(F)(F)C(F)(F)F.O=C([O-])C(F)(F)C(F)(F)C(F)(F)F.[Os+].[Pt+2].[Pt].[Pt].[c-]1ccccc1-c1ccccn1.c1ccc(-c2ccnc(-c3cc(-c4ccccc4)ccn3)c2)cc1. The van der Waals surface area contributed by atoms with Crippen LogP contribution < -0.4 is 30.8 Å². The maximum atomic E-state index is 13.2. The minimum Gasteiger partial charge on any atom is -0.657 e. The van der Waals surface area contributed by atoms with Crippen molar-refractivity contribution in [2.24, 2.45) is 0 Å². The van der Waals surface area contributed by atoms with Crippen LogP contribution in [0.2, 0.25) is 0 Å². The van der Waals surface area contributed by atoms with Crippen LogP contribution in [-0.4, -0.2) is 77.9 Å². The smallest absolute Gasteiger partial charge is 0.657 e. The third-order valence-electron chi connectivity index (χ3n) is 23.0. The number of carbonyl (C=O) groups is 2. The molecule has 0 saturated carbocycles. The number of halogens is 16. The van der Waals surface area contributed by atoms with E-state index in [1.165, 1.54) is 83.3 Å². The molecular formula is C115H97F16N8O4OsPPt3-3. The average molecular weight is 2770 g/mol. The minimum absolute atomic E-state index is 0. The molecule has 0 saturated heterocycles. The molecule has 2 aliphatic rings. The fourth-order valence-corrected chi connectivity index (χ4v) is 18.0. The van der Waals surface area contributed by atoms with E-state index in [4.69, 9.17) is 19.9 Å². The van der Waals surface area contributed by atoms with Crippen LogP contribution in [0.4, 0.5) is 70.2 Å². The van der Waals surface area contributed by atoms with Gasteiger partial charge >= 0.3 is 76.9 Å². The van der Waals surface area contributed by atoms with Gasteiger partial charge in [0.2, 0.25) is 0 Å². The van der Waals surface area contributed by atoms with Crippen LogP contribution in [0.5, 0.6) is 0 Å². The first-order chi connectivity index (χ1) is 68.9. The summed E-state index contributed by atoms with van der Waals surface area (Å²) in [6, 6.07) is 107. The van der Waals surface area contributed by atoms with E-state index in [1.807, 2.05) is 103 Å². The molecule has 7 aromatic heterocycles.